The fourth-order valence-electron chi connectivity index (χ4n) is 4.28. The SMILES string of the molecule is C[C@H]1CCCC[C@@H]1N1C(=O)/C(=C/c2ccc(N(C)C)c(Br)c2)SC1=Nc1ccccc1. The summed E-state index contributed by atoms with van der Waals surface area (Å²) in [6, 6.07) is 16.3. The van der Waals surface area contributed by atoms with Gasteiger partial charge in [0.05, 0.1) is 16.3 Å². The number of carbonyl (C=O) groups excluding carboxylic acids is 1. The zero-order valence-electron chi connectivity index (χ0n) is 18.2. The minimum Gasteiger partial charge on any atom is -0.377 e. The molecule has 162 valence electrons. The van der Waals surface area contributed by atoms with Gasteiger partial charge >= 0.3 is 0 Å². The summed E-state index contributed by atoms with van der Waals surface area (Å²) in [7, 11) is 4.04. The molecule has 2 aromatic rings. The van der Waals surface area contributed by atoms with E-state index in [0.717, 1.165) is 44.3 Å². The van der Waals surface area contributed by atoms with Crippen LogP contribution in [0.25, 0.3) is 6.08 Å². The summed E-state index contributed by atoms with van der Waals surface area (Å²) in [4.78, 5) is 23.2. The molecule has 2 aromatic carbocycles. The summed E-state index contributed by atoms with van der Waals surface area (Å²) in [6.45, 7) is 2.26. The van der Waals surface area contributed by atoms with Gasteiger partial charge in [-0.2, -0.15) is 0 Å². The Morgan fingerprint density at radius 2 is 1.87 bits per heavy atom. The van der Waals surface area contributed by atoms with E-state index >= 15 is 0 Å². The first-order valence-electron chi connectivity index (χ1n) is 10.8. The Bertz CT molecular complexity index is 1020. The van der Waals surface area contributed by atoms with Crippen molar-refractivity contribution >= 4 is 56.2 Å². The smallest absolute Gasteiger partial charge is 0.267 e. The van der Waals surface area contributed by atoms with Gasteiger partial charge in [-0.3, -0.25) is 9.69 Å². The highest BCUT2D eigenvalue weighted by Crippen LogP contribution is 2.40. The number of amidine groups is 1. The average Bonchev–Trinajstić information content (AvgIpc) is 3.03. The predicted molar refractivity (Wildman–Crippen MR) is 136 cm³/mol. The standard InChI is InChI=1S/C25H28BrN3OS/c1-17-9-7-8-12-21(17)29-24(30)23(31-25(29)27-19-10-5-4-6-11-19)16-18-13-14-22(28(2)3)20(26)15-18/h4-6,10-11,13-17,21H,7-9,12H2,1-3H3/b23-16-,27-25?/t17-,21-/m0/s1. The molecule has 0 spiro atoms. The second kappa shape index (κ2) is 9.61. The number of anilines is 1. The predicted octanol–water partition coefficient (Wildman–Crippen LogP) is 6.70. The van der Waals surface area contributed by atoms with E-state index in [1.54, 1.807) is 0 Å². The largest absolute Gasteiger partial charge is 0.377 e. The Balaban J connectivity index is 1.70. The number of halogens is 1. The van der Waals surface area contributed by atoms with Crippen molar-refractivity contribution in [3.63, 3.8) is 0 Å². The van der Waals surface area contributed by atoms with Crippen LogP contribution in [-0.2, 0) is 4.79 Å². The number of hydrogen-bond donors (Lipinski definition) is 0. The molecule has 4 nitrogen and oxygen atoms in total. The lowest BCUT2D eigenvalue weighted by Crippen LogP contribution is -2.44. The normalized spacial score (nSPS) is 24.3. The van der Waals surface area contributed by atoms with E-state index in [9.17, 15) is 4.79 Å². The maximum atomic E-state index is 13.6. The summed E-state index contributed by atoms with van der Waals surface area (Å²) in [6.07, 6.45) is 6.60. The minimum absolute atomic E-state index is 0.0752. The van der Waals surface area contributed by atoms with Crippen LogP contribution in [0.5, 0.6) is 0 Å². The molecule has 2 atom stereocenters. The molecule has 1 amide bonds. The summed E-state index contributed by atoms with van der Waals surface area (Å²) in [5, 5.41) is 0.796. The molecule has 31 heavy (non-hydrogen) atoms. The molecule has 0 radical (unpaired) electrons. The van der Waals surface area contributed by atoms with E-state index in [2.05, 4.69) is 46.0 Å². The molecule has 0 unspecified atom stereocenters. The zero-order chi connectivity index (χ0) is 22.0. The van der Waals surface area contributed by atoms with E-state index in [1.807, 2.05) is 55.4 Å². The van der Waals surface area contributed by atoms with E-state index < -0.39 is 0 Å². The van der Waals surface area contributed by atoms with Crippen molar-refractivity contribution < 1.29 is 4.79 Å². The molecule has 4 rings (SSSR count). The van der Waals surface area contributed by atoms with Crippen LogP contribution in [0, 0.1) is 5.92 Å². The van der Waals surface area contributed by atoms with Crippen LogP contribution >= 0.6 is 27.7 Å². The fraction of sp³-hybridized carbons (Fsp3) is 0.360. The van der Waals surface area contributed by atoms with Crippen LogP contribution in [0.1, 0.15) is 38.2 Å². The van der Waals surface area contributed by atoms with Crippen molar-refractivity contribution in [3.05, 3.63) is 63.5 Å². The number of amides is 1. The molecule has 6 heteroatoms. The number of benzene rings is 2. The summed E-state index contributed by atoms with van der Waals surface area (Å²) < 4.78 is 1.01. The quantitative estimate of drug-likeness (QED) is 0.440. The fourth-order valence-corrected chi connectivity index (χ4v) is 6.07. The molecular weight excluding hydrogens is 470 g/mol. The van der Waals surface area contributed by atoms with Crippen molar-refractivity contribution in [1.82, 2.24) is 4.90 Å². The van der Waals surface area contributed by atoms with E-state index in [1.165, 1.54) is 24.6 Å². The van der Waals surface area contributed by atoms with E-state index in [0.29, 0.717) is 5.92 Å². The van der Waals surface area contributed by atoms with Crippen molar-refractivity contribution in [2.45, 2.75) is 38.6 Å². The first kappa shape index (κ1) is 22.2. The molecule has 1 saturated heterocycles. The second-order valence-corrected chi connectivity index (χ2v) is 10.3. The number of rotatable bonds is 4. The number of thioether (sulfide) groups is 1. The van der Waals surface area contributed by atoms with Crippen LogP contribution in [-0.4, -0.2) is 36.1 Å². The van der Waals surface area contributed by atoms with E-state index in [4.69, 9.17) is 4.99 Å². The molecule has 0 bridgehead atoms. The molecule has 1 aliphatic carbocycles. The van der Waals surface area contributed by atoms with Gasteiger partial charge in [-0.15, -0.1) is 0 Å². The van der Waals surface area contributed by atoms with Gasteiger partial charge in [-0.05, 0) is 82.4 Å². The summed E-state index contributed by atoms with van der Waals surface area (Å²) >= 11 is 5.14. The maximum absolute atomic E-state index is 13.6. The van der Waals surface area contributed by atoms with Gasteiger partial charge in [0.1, 0.15) is 0 Å². The highest BCUT2D eigenvalue weighted by Gasteiger charge is 2.41. The van der Waals surface area contributed by atoms with Crippen molar-refractivity contribution in [1.29, 1.82) is 0 Å². The molecule has 1 aliphatic heterocycles. The first-order valence-corrected chi connectivity index (χ1v) is 12.4. The van der Waals surface area contributed by atoms with Gasteiger partial charge in [0.25, 0.3) is 5.91 Å². The molecule has 1 heterocycles. The third-order valence-corrected chi connectivity index (χ3v) is 7.59. The molecule has 2 aliphatic rings. The monoisotopic (exact) mass is 497 g/mol. The number of carbonyl (C=O) groups is 1. The Morgan fingerprint density at radius 1 is 1.13 bits per heavy atom. The Morgan fingerprint density at radius 3 is 2.55 bits per heavy atom. The number of hydrogen-bond acceptors (Lipinski definition) is 4. The van der Waals surface area contributed by atoms with Crippen molar-refractivity contribution in [3.8, 4) is 0 Å². The molecular formula is C25H28BrN3OS. The number of nitrogens with zero attached hydrogens (tertiary/aromatic N) is 3. The van der Waals surface area contributed by atoms with Gasteiger partial charge < -0.3 is 4.90 Å². The average molecular weight is 498 g/mol. The third kappa shape index (κ3) is 4.90. The van der Waals surface area contributed by atoms with Gasteiger partial charge in [0.15, 0.2) is 5.17 Å². The second-order valence-electron chi connectivity index (χ2n) is 8.45. The summed E-state index contributed by atoms with van der Waals surface area (Å²) in [5.41, 5.74) is 2.99. The Labute approximate surface area is 197 Å². The maximum Gasteiger partial charge on any atom is 0.267 e. The van der Waals surface area contributed by atoms with Crippen LogP contribution in [0.15, 0.2) is 62.9 Å². The van der Waals surface area contributed by atoms with Crippen molar-refractivity contribution in [2.24, 2.45) is 10.9 Å². The van der Waals surface area contributed by atoms with E-state index in [-0.39, 0.29) is 11.9 Å². The van der Waals surface area contributed by atoms with Gasteiger partial charge in [0.2, 0.25) is 0 Å². The van der Waals surface area contributed by atoms with Gasteiger partial charge in [-0.25, -0.2) is 4.99 Å². The molecule has 0 N–H and O–H groups in total. The molecule has 0 aromatic heterocycles. The number of aliphatic imine (C=N–C) groups is 1. The molecule has 1 saturated carbocycles. The van der Waals surface area contributed by atoms with Crippen LogP contribution in [0.4, 0.5) is 11.4 Å². The minimum atomic E-state index is 0.0752. The van der Waals surface area contributed by atoms with Gasteiger partial charge in [-0.1, -0.05) is 44.0 Å². The Kier molecular flexibility index (Phi) is 6.87. The van der Waals surface area contributed by atoms with Crippen LogP contribution in [0.2, 0.25) is 0 Å². The van der Waals surface area contributed by atoms with Crippen LogP contribution in [0.3, 0.4) is 0 Å². The highest BCUT2D eigenvalue weighted by atomic mass is 79.9. The highest BCUT2D eigenvalue weighted by molar-refractivity contribution is 9.10. The lowest BCUT2D eigenvalue weighted by molar-refractivity contribution is -0.124. The number of para-hydroxylation sites is 1. The topological polar surface area (TPSA) is 35.9 Å². The lowest BCUT2D eigenvalue weighted by Gasteiger charge is -2.35. The molecule has 2 fully saturated rings. The third-order valence-electron chi connectivity index (χ3n) is 5.97. The first-order chi connectivity index (χ1) is 14.9. The van der Waals surface area contributed by atoms with Gasteiger partial charge in [0, 0.05) is 24.6 Å². The van der Waals surface area contributed by atoms with Crippen molar-refractivity contribution in [2.75, 3.05) is 19.0 Å². The lowest BCUT2D eigenvalue weighted by atomic mass is 9.85. The summed E-state index contributed by atoms with van der Waals surface area (Å²) in [5.74, 6) is 0.554. The van der Waals surface area contributed by atoms with Crippen LogP contribution < -0.4 is 4.90 Å². The zero-order valence-corrected chi connectivity index (χ0v) is 20.6. The Hall–Kier alpha value is -2.05.